The van der Waals surface area contributed by atoms with Crippen LogP contribution in [0.4, 0.5) is 0 Å². The van der Waals surface area contributed by atoms with E-state index in [1.54, 1.807) is 0 Å². The lowest BCUT2D eigenvalue weighted by Crippen LogP contribution is -2.69. The van der Waals surface area contributed by atoms with Crippen molar-refractivity contribution in [3.05, 3.63) is 12.7 Å². The van der Waals surface area contributed by atoms with E-state index in [4.69, 9.17) is 14.2 Å². The SMILES string of the molecule is C=CCCC1(O)[C@H](O)[C@@H](CO)O[C@H](O[C@@]2(CO)O[C@@H](CO)[C@H](O)[C@H]2O)[C@@H]1O. The van der Waals surface area contributed by atoms with Gasteiger partial charge >= 0.3 is 0 Å². The van der Waals surface area contributed by atoms with Crippen LogP contribution in [-0.2, 0) is 14.2 Å². The topological polar surface area (TPSA) is 190 Å². The van der Waals surface area contributed by atoms with Gasteiger partial charge < -0.3 is 55.1 Å². The molecule has 2 aliphatic heterocycles. The summed E-state index contributed by atoms with van der Waals surface area (Å²) < 4.78 is 15.9. The highest BCUT2D eigenvalue weighted by atomic mass is 16.8. The Balaban J connectivity index is 2.29. The maximum Gasteiger partial charge on any atom is 0.224 e. The molecule has 2 heterocycles. The summed E-state index contributed by atoms with van der Waals surface area (Å²) >= 11 is 0. The highest BCUT2D eigenvalue weighted by molar-refractivity contribution is 5.04. The Hall–Kier alpha value is -0.700. The average Bonchev–Trinajstić information content (AvgIpc) is 2.92. The predicted molar refractivity (Wildman–Crippen MR) is 87.0 cm³/mol. The molecule has 0 aromatic carbocycles. The molecule has 2 rings (SSSR count). The smallest absolute Gasteiger partial charge is 0.224 e. The first-order valence-electron chi connectivity index (χ1n) is 8.60. The minimum atomic E-state index is -2.26. The van der Waals surface area contributed by atoms with Crippen molar-refractivity contribution in [1.82, 2.24) is 0 Å². The maximum absolute atomic E-state index is 10.8. The molecule has 27 heavy (non-hydrogen) atoms. The summed E-state index contributed by atoms with van der Waals surface area (Å²) in [6.45, 7) is 1.12. The number of aliphatic hydroxyl groups is 8. The van der Waals surface area contributed by atoms with Crippen molar-refractivity contribution in [2.75, 3.05) is 19.8 Å². The fourth-order valence-electron chi connectivity index (χ4n) is 3.38. The second kappa shape index (κ2) is 8.76. The zero-order valence-corrected chi connectivity index (χ0v) is 14.7. The van der Waals surface area contributed by atoms with Crippen LogP contribution in [0.3, 0.4) is 0 Å². The average molecular weight is 396 g/mol. The van der Waals surface area contributed by atoms with Gasteiger partial charge in [-0.25, -0.2) is 0 Å². The zero-order chi connectivity index (χ0) is 20.4. The van der Waals surface area contributed by atoms with Crippen molar-refractivity contribution in [1.29, 1.82) is 0 Å². The van der Waals surface area contributed by atoms with Crippen LogP contribution >= 0.6 is 0 Å². The lowest BCUT2D eigenvalue weighted by atomic mass is 9.80. The molecule has 9 atom stereocenters. The van der Waals surface area contributed by atoms with E-state index < -0.39 is 74.1 Å². The van der Waals surface area contributed by atoms with Crippen LogP contribution in [-0.4, -0.2) is 115 Å². The first-order valence-corrected chi connectivity index (χ1v) is 8.60. The molecule has 0 aromatic heterocycles. The summed E-state index contributed by atoms with van der Waals surface area (Å²) in [6.07, 6.45) is -9.76. The Morgan fingerprint density at radius 1 is 0.963 bits per heavy atom. The highest BCUT2D eigenvalue weighted by Gasteiger charge is 2.61. The molecule has 0 bridgehead atoms. The zero-order valence-electron chi connectivity index (χ0n) is 14.7. The summed E-state index contributed by atoms with van der Waals surface area (Å²) in [4.78, 5) is 0. The fraction of sp³-hybridized carbons (Fsp3) is 0.875. The molecule has 8 N–H and O–H groups in total. The lowest BCUT2D eigenvalue weighted by molar-refractivity contribution is -0.397. The Labute approximate surface area is 155 Å². The Morgan fingerprint density at radius 2 is 1.59 bits per heavy atom. The van der Waals surface area contributed by atoms with E-state index in [9.17, 15) is 40.9 Å². The van der Waals surface area contributed by atoms with E-state index in [1.807, 2.05) is 0 Å². The van der Waals surface area contributed by atoms with Crippen LogP contribution in [0, 0.1) is 0 Å². The second-order valence-corrected chi connectivity index (χ2v) is 6.80. The second-order valence-electron chi connectivity index (χ2n) is 6.80. The molecule has 0 saturated carbocycles. The van der Waals surface area contributed by atoms with Crippen LogP contribution in [0.5, 0.6) is 0 Å². The van der Waals surface area contributed by atoms with Gasteiger partial charge in [0.05, 0.1) is 13.2 Å². The molecule has 0 radical (unpaired) electrons. The largest absolute Gasteiger partial charge is 0.394 e. The van der Waals surface area contributed by atoms with Gasteiger partial charge in [-0.1, -0.05) is 6.08 Å². The molecule has 0 aromatic rings. The molecule has 2 fully saturated rings. The van der Waals surface area contributed by atoms with Crippen LogP contribution < -0.4 is 0 Å². The molecule has 0 spiro atoms. The Morgan fingerprint density at radius 3 is 2.07 bits per heavy atom. The third-order valence-corrected chi connectivity index (χ3v) is 5.09. The van der Waals surface area contributed by atoms with E-state index >= 15 is 0 Å². The van der Waals surface area contributed by atoms with Gasteiger partial charge in [0.2, 0.25) is 5.79 Å². The standard InChI is InChI=1S/C16H28O11/c1-2-3-4-15(24)11(21)9(6-18)25-14(13(15)23)27-16(7-19)12(22)10(20)8(5-17)26-16/h2,8-14,17-24H,1,3-7H2/t8-,9+,10-,11+,12+,13-,14+,15?,16+/m0/s1. The highest BCUT2D eigenvalue weighted by Crippen LogP contribution is 2.39. The van der Waals surface area contributed by atoms with E-state index in [1.165, 1.54) is 6.08 Å². The van der Waals surface area contributed by atoms with Crippen LogP contribution in [0.15, 0.2) is 12.7 Å². The molecule has 0 aliphatic carbocycles. The molecular weight excluding hydrogens is 368 g/mol. The molecule has 1 unspecified atom stereocenters. The van der Waals surface area contributed by atoms with Gasteiger partial charge in [0.1, 0.15) is 48.8 Å². The summed E-state index contributed by atoms with van der Waals surface area (Å²) in [6, 6.07) is 0. The molecular formula is C16H28O11. The van der Waals surface area contributed by atoms with Gasteiger partial charge in [-0.3, -0.25) is 0 Å². The number of allylic oxidation sites excluding steroid dienone is 1. The first-order chi connectivity index (χ1) is 12.7. The molecule has 11 heteroatoms. The van der Waals surface area contributed by atoms with Crippen molar-refractivity contribution in [2.24, 2.45) is 0 Å². The van der Waals surface area contributed by atoms with Gasteiger partial charge in [0.15, 0.2) is 6.29 Å². The van der Waals surface area contributed by atoms with E-state index in [-0.39, 0.29) is 12.8 Å². The van der Waals surface area contributed by atoms with E-state index in [0.29, 0.717) is 0 Å². The quantitative estimate of drug-likeness (QED) is 0.186. The van der Waals surface area contributed by atoms with Crippen LogP contribution in [0.1, 0.15) is 12.8 Å². The van der Waals surface area contributed by atoms with Crippen molar-refractivity contribution in [3.63, 3.8) is 0 Å². The van der Waals surface area contributed by atoms with Crippen LogP contribution in [0.25, 0.3) is 0 Å². The molecule has 158 valence electrons. The summed E-state index contributed by atoms with van der Waals surface area (Å²) in [5.74, 6) is -2.26. The van der Waals surface area contributed by atoms with Crippen LogP contribution in [0.2, 0.25) is 0 Å². The van der Waals surface area contributed by atoms with Gasteiger partial charge in [-0.05, 0) is 12.8 Å². The molecule has 0 amide bonds. The van der Waals surface area contributed by atoms with Gasteiger partial charge in [0, 0.05) is 0 Å². The number of aliphatic hydroxyl groups excluding tert-OH is 7. The predicted octanol–water partition coefficient (Wildman–Crippen LogP) is -4.06. The van der Waals surface area contributed by atoms with Crippen molar-refractivity contribution < 1.29 is 55.1 Å². The third-order valence-electron chi connectivity index (χ3n) is 5.09. The van der Waals surface area contributed by atoms with E-state index in [0.717, 1.165) is 0 Å². The lowest BCUT2D eigenvalue weighted by Gasteiger charge is -2.49. The van der Waals surface area contributed by atoms with Crippen molar-refractivity contribution in [2.45, 2.75) is 67.1 Å². The van der Waals surface area contributed by atoms with Crippen molar-refractivity contribution in [3.8, 4) is 0 Å². The minimum absolute atomic E-state index is 0.143. The summed E-state index contributed by atoms with van der Waals surface area (Å²) in [5.41, 5.74) is -2.15. The number of rotatable bonds is 8. The Kier molecular flexibility index (Phi) is 7.33. The summed E-state index contributed by atoms with van der Waals surface area (Å²) in [5, 5.41) is 80.0. The van der Waals surface area contributed by atoms with E-state index in [2.05, 4.69) is 6.58 Å². The first kappa shape index (κ1) is 22.6. The molecule has 2 aliphatic rings. The van der Waals surface area contributed by atoms with Gasteiger partial charge in [-0.2, -0.15) is 0 Å². The fourth-order valence-corrected chi connectivity index (χ4v) is 3.38. The van der Waals surface area contributed by atoms with Crippen molar-refractivity contribution >= 4 is 0 Å². The Bertz CT molecular complexity index is 505. The minimum Gasteiger partial charge on any atom is -0.394 e. The van der Waals surface area contributed by atoms with Gasteiger partial charge in [0.25, 0.3) is 0 Å². The number of hydrogen-bond donors (Lipinski definition) is 8. The number of ether oxygens (including phenoxy) is 3. The molecule has 2 saturated heterocycles. The normalized spacial score (nSPS) is 47.9. The molecule has 11 nitrogen and oxygen atoms in total. The third kappa shape index (κ3) is 3.91. The number of hydrogen-bond acceptors (Lipinski definition) is 11. The van der Waals surface area contributed by atoms with Gasteiger partial charge in [-0.15, -0.1) is 6.58 Å². The summed E-state index contributed by atoms with van der Waals surface area (Å²) in [7, 11) is 0. The monoisotopic (exact) mass is 396 g/mol. The maximum atomic E-state index is 10.8.